The summed E-state index contributed by atoms with van der Waals surface area (Å²) in [6, 6.07) is 11.4. The lowest BCUT2D eigenvalue weighted by atomic mass is 10.1. The number of ether oxygens (including phenoxy) is 1. The number of anilines is 1. The van der Waals surface area contributed by atoms with E-state index in [4.69, 9.17) is 16.3 Å². The Morgan fingerprint density at radius 3 is 2.21 bits per heavy atom. The molecule has 9 heteroatoms. The molecule has 2 N–H and O–H groups in total. The fourth-order valence-electron chi connectivity index (χ4n) is 2.51. The molecule has 0 fully saturated rings. The Morgan fingerprint density at radius 2 is 1.66 bits per heavy atom. The van der Waals surface area contributed by atoms with Crippen LogP contribution < -0.4 is 10.0 Å². The molecule has 0 aliphatic carbocycles. The minimum Gasteiger partial charge on any atom is -0.466 e. The molecular weight excluding hydrogens is 416 g/mol. The van der Waals surface area contributed by atoms with Gasteiger partial charge in [0.1, 0.15) is 6.04 Å². The number of sulfonamides is 1. The van der Waals surface area contributed by atoms with Crippen LogP contribution in [0.25, 0.3) is 0 Å². The Labute approximate surface area is 175 Å². The fraction of sp³-hybridized carbons (Fsp3) is 0.300. The smallest absolute Gasteiger partial charge is 0.310 e. The predicted octanol–water partition coefficient (Wildman–Crippen LogP) is 3.14. The van der Waals surface area contributed by atoms with Crippen molar-refractivity contribution < 1.29 is 22.7 Å². The topological polar surface area (TPSA) is 102 Å². The number of amides is 1. The van der Waals surface area contributed by atoms with Gasteiger partial charge in [0, 0.05) is 10.7 Å². The number of esters is 1. The Balaban J connectivity index is 2.02. The van der Waals surface area contributed by atoms with Gasteiger partial charge in [0.05, 0.1) is 17.9 Å². The van der Waals surface area contributed by atoms with Gasteiger partial charge >= 0.3 is 5.97 Å². The summed E-state index contributed by atoms with van der Waals surface area (Å²) in [5.74, 6) is -0.810. The number of carbonyl (C=O) groups is 2. The van der Waals surface area contributed by atoms with Crippen LogP contribution in [0.1, 0.15) is 25.8 Å². The zero-order valence-corrected chi connectivity index (χ0v) is 17.7. The van der Waals surface area contributed by atoms with Crippen LogP contribution in [-0.2, 0) is 30.8 Å². The van der Waals surface area contributed by atoms with Crippen LogP contribution in [0.15, 0.2) is 53.4 Å². The van der Waals surface area contributed by atoms with Gasteiger partial charge in [-0.1, -0.05) is 30.7 Å². The third kappa shape index (κ3) is 6.85. The van der Waals surface area contributed by atoms with Gasteiger partial charge in [-0.3, -0.25) is 9.59 Å². The molecule has 0 aromatic heterocycles. The molecule has 1 atom stereocenters. The van der Waals surface area contributed by atoms with E-state index < -0.39 is 22.0 Å². The summed E-state index contributed by atoms with van der Waals surface area (Å²) in [6.45, 7) is 3.76. The average molecular weight is 439 g/mol. The standard InChI is InChI=1S/C20H23ClN2O5S/c1-3-18(23-29(26,27)17-11-7-15(21)8-12-17)20(25)22-16-9-5-14(6-10-16)13-19(24)28-4-2/h5-12,18,23H,3-4,13H2,1-2H3,(H,22,25)/t18-/m0/s1. The van der Waals surface area contributed by atoms with Crippen LogP contribution in [0.3, 0.4) is 0 Å². The van der Waals surface area contributed by atoms with E-state index in [1.807, 2.05) is 0 Å². The quantitative estimate of drug-likeness (QED) is 0.585. The van der Waals surface area contributed by atoms with Crippen LogP contribution in [0.5, 0.6) is 0 Å². The van der Waals surface area contributed by atoms with E-state index in [9.17, 15) is 18.0 Å². The number of halogens is 1. The lowest BCUT2D eigenvalue weighted by Crippen LogP contribution is -2.43. The van der Waals surface area contributed by atoms with E-state index in [-0.39, 0.29) is 23.7 Å². The van der Waals surface area contributed by atoms with Gasteiger partial charge in [0.15, 0.2) is 0 Å². The summed E-state index contributed by atoms with van der Waals surface area (Å²) < 4.78 is 32.3. The number of hydrogen-bond acceptors (Lipinski definition) is 5. The molecule has 7 nitrogen and oxygen atoms in total. The lowest BCUT2D eigenvalue weighted by molar-refractivity contribution is -0.142. The van der Waals surface area contributed by atoms with Crippen molar-refractivity contribution in [3.8, 4) is 0 Å². The second kappa shape index (κ2) is 10.4. The van der Waals surface area contributed by atoms with Crippen LogP contribution in [0.2, 0.25) is 5.02 Å². The molecule has 0 saturated carbocycles. The third-order valence-electron chi connectivity index (χ3n) is 4.02. The first-order valence-electron chi connectivity index (χ1n) is 9.08. The van der Waals surface area contributed by atoms with Crippen LogP contribution in [0.4, 0.5) is 5.69 Å². The Hall–Kier alpha value is -2.42. The summed E-state index contributed by atoms with van der Waals surface area (Å²) >= 11 is 5.79. The lowest BCUT2D eigenvalue weighted by Gasteiger charge is -2.17. The molecule has 156 valence electrons. The molecule has 2 aromatic rings. The van der Waals surface area contributed by atoms with Crippen molar-refractivity contribution in [2.45, 2.75) is 37.6 Å². The van der Waals surface area contributed by atoms with Gasteiger partial charge in [-0.25, -0.2) is 8.42 Å². The summed E-state index contributed by atoms with van der Waals surface area (Å²) in [4.78, 5) is 24.1. The number of rotatable bonds is 9. The first-order valence-corrected chi connectivity index (χ1v) is 10.9. The summed E-state index contributed by atoms with van der Waals surface area (Å²) in [6.07, 6.45) is 0.403. The highest BCUT2D eigenvalue weighted by Gasteiger charge is 2.24. The molecule has 0 saturated heterocycles. The minimum absolute atomic E-state index is 0.0245. The Bertz CT molecular complexity index is 944. The van der Waals surface area contributed by atoms with E-state index in [1.165, 1.54) is 24.3 Å². The van der Waals surface area contributed by atoms with Gasteiger partial charge in [-0.05, 0) is 55.3 Å². The fourth-order valence-corrected chi connectivity index (χ4v) is 3.91. The van der Waals surface area contributed by atoms with Crippen molar-refractivity contribution in [2.75, 3.05) is 11.9 Å². The molecule has 0 radical (unpaired) electrons. The highest BCUT2D eigenvalue weighted by atomic mass is 35.5. The largest absolute Gasteiger partial charge is 0.466 e. The van der Waals surface area contributed by atoms with E-state index in [2.05, 4.69) is 10.0 Å². The van der Waals surface area contributed by atoms with Gasteiger partial charge in [0.25, 0.3) is 0 Å². The number of nitrogens with one attached hydrogen (secondary N) is 2. The predicted molar refractivity (Wildman–Crippen MR) is 111 cm³/mol. The van der Waals surface area contributed by atoms with Crippen LogP contribution in [-0.4, -0.2) is 32.9 Å². The second-order valence-corrected chi connectivity index (χ2v) is 8.35. The van der Waals surface area contributed by atoms with Crippen molar-refractivity contribution in [1.29, 1.82) is 0 Å². The molecular formula is C20H23ClN2O5S. The Morgan fingerprint density at radius 1 is 1.03 bits per heavy atom. The maximum atomic E-state index is 12.5. The molecule has 1 amide bonds. The third-order valence-corrected chi connectivity index (χ3v) is 5.76. The molecule has 0 heterocycles. The molecule has 0 bridgehead atoms. The van der Waals surface area contributed by atoms with Gasteiger partial charge in [0.2, 0.25) is 15.9 Å². The van der Waals surface area contributed by atoms with Gasteiger partial charge in [-0.15, -0.1) is 0 Å². The normalized spacial score (nSPS) is 12.2. The summed E-state index contributed by atoms with van der Waals surface area (Å²) in [5, 5.41) is 3.10. The summed E-state index contributed by atoms with van der Waals surface area (Å²) in [5.41, 5.74) is 1.24. The van der Waals surface area contributed by atoms with Crippen molar-refractivity contribution in [3.63, 3.8) is 0 Å². The van der Waals surface area contributed by atoms with E-state index in [0.29, 0.717) is 17.3 Å². The van der Waals surface area contributed by atoms with E-state index >= 15 is 0 Å². The van der Waals surface area contributed by atoms with E-state index in [1.54, 1.807) is 38.1 Å². The number of benzene rings is 2. The number of hydrogen-bond donors (Lipinski definition) is 2. The zero-order chi connectivity index (χ0) is 21.4. The first-order chi connectivity index (χ1) is 13.7. The summed E-state index contributed by atoms with van der Waals surface area (Å²) in [7, 11) is -3.87. The molecule has 0 aliphatic heterocycles. The molecule has 0 spiro atoms. The maximum absolute atomic E-state index is 12.5. The molecule has 0 aliphatic rings. The monoisotopic (exact) mass is 438 g/mol. The zero-order valence-electron chi connectivity index (χ0n) is 16.1. The van der Waals surface area contributed by atoms with Gasteiger partial charge in [-0.2, -0.15) is 4.72 Å². The van der Waals surface area contributed by atoms with Crippen molar-refractivity contribution in [1.82, 2.24) is 4.72 Å². The minimum atomic E-state index is -3.87. The maximum Gasteiger partial charge on any atom is 0.310 e. The highest BCUT2D eigenvalue weighted by Crippen LogP contribution is 2.16. The molecule has 2 rings (SSSR count). The van der Waals surface area contributed by atoms with E-state index in [0.717, 1.165) is 5.56 Å². The first kappa shape index (κ1) is 22.9. The highest BCUT2D eigenvalue weighted by molar-refractivity contribution is 7.89. The molecule has 2 aromatic carbocycles. The van der Waals surface area contributed by atoms with Crippen LogP contribution in [0, 0.1) is 0 Å². The Kier molecular flexibility index (Phi) is 8.19. The van der Waals surface area contributed by atoms with Crippen molar-refractivity contribution in [2.24, 2.45) is 0 Å². The molecule has 0 unspecified atom stereocenters. The molecule has 29 heavy (non-hydrogen) atoms. The SMILES string of the molecule is CCOC(=O)Cc1ccc(NC(=O)[C@H](CC)NS(=O)(=O)c2ccc(Cl)cc2)cc1. The van der Waals surface area contributed by atoms with Crippen molar-refractivity contribution >= 4 is 39.2 Å². The average Bonchev–Trinajstić information content (AvgIpc) is 2.68. The van der Waals surface area contributed by atoms with Crippen LogP contribution >= 0.6 is 11.6 Å². The van der Waals surface area contributed by atoms with Crippen molar-refractivity contribution in [3.05, 3.63) is 59.1 Å². The van der Waals surface area contributed by atoms with Gasteiger partial charge < -0.3 is 10.1 Å². The second-order valence-electron chi connectivity index (χ2n) is 6.20. The number of carbonyl (C=O) groups excluding carboxylic acids is 2.